The van der Waals surface area contributed by atoms with E-state index in [2.05, 4.69) is 57.2 Å². The molecule has 0 saturated heterocycles. The van der Waals surface area contributed by atoms with Crippen LogP contribution in [0.3, 0.4) is 0 Å². The molecule has 0 aliphatic heterocycles. The van der Waals surface area contributed by atoms with Crippen molar-refractivity contribution in [1.82, 2.24) is 15.0 Å². The summed E-state index contributed by atoms with van der Waals surface area (Å²) < 4.78 is 3.03. The van der Waals surface area contributed by atoms with Gasteiger partial charge in [-0.25, -0.2) is 4.68 Å². The van der Waals surface area contributed by atoms with Gasteiger partial charge in [-0.2, -0.15) is 0 Å². The topological polar surface area (TPSA) is 56.7 Å². The average molecular weight is 314 g/mol. The highest BCUT2D eigenvalue weighted by Crippen LogP contribution is 2.10. The molecular formula is C10H11IN4. The second-order valence-electron chi connectivity index (χ2n) is 3.34. The van der Waals surface area contributed by atoms with Crippen molar-refractivity contribution in [2.24, 2.45) is 0 Å². The first-order valence-corrected chi connectivity index (χ1v) is 5.64. The summed E-state index contributed by atoms with van der Waals surface area (Å²) in [6, 6.07) is 8.31. The van der Waals surface area contributed by atoms with Crippen molar-refractivity contribution >= 4 is 28.4 Å². The highest BCUT2D eigenvalue weighted by atomic mass is 127. The zero-order valence-corrected chi connectivity index (χ0v) is 10.5. The molecule has 0 fully saturated rings. The van der Waals surface area contributed by atoms with E-state index < -0.39 is 0 Å². The molecule has 1 aromatic heterocycles. The van der Waals surface area contributed by atoms with Gasteiger partial charge >= 0.3 is 0 Å². The van der Waals surface area contributed by atoms with Gasteiger partial charge in [0, 0.05) is 3.57 Å². The van der Waals surface area contributed by atoms with Gasteiger partial charge in [0.2, 0.25) is 0 Å². The molecule has 5 heteroatoms. The number of nitrogens with two attached hydrogens (primary N) is 1. The Morgan fingerprint density at radius 1 is 1.33 bits per heavy atom. The summed E-state index contributed by atoms with van der Waals surface area (Å²) in [6.45, 7) is 2.63. The summed E-state index contributed by atoms with van der Waals surface area (Å²) >= 11 is 2.28. The van der Waals surface area contributed by atoms with Crippen LogP contribution in [0.4, 0.5) is 5.82 Å². The Balaban J connectivity index is 2.22. The maximum atomic E-state index is 5.62. The summed E-state index contributed by atoms with van der Waals surface area (Å²) in [5, 5.41) is 7.79. The third kappa shape index (κ3) is 2.28. The van der Waals surface area contributed by atoms with E-state index in [4.69, 9.17) is 5.73 Å². The first kappa shape index (κ1) is 10.4. The zero-order chi connectivity index (χ0) is 10.8. The summed E-state index contributed by atoms with van der Waals surface area (Å²) in [4.78, 5) is 0. The highest BCUT2D eigenvalue weighted by molar-refractivity contribution is 14.1. The van der Waals surface area contributed by atoms with Crippen LogP contribution < -0.4 is 5.73 Å². The maximum Gasteiger partial charge on any atom is 0.168 e. The number of nitrogen functional groups attached to an aromatic ring is 1. The number of rotatable bonds is 2. The van der Waals surface area contributed by atoms with Crippen LogP contribution >= 0.6 is 22.6 Å². The number of hydrogen-bond acceptors (Lipinski definition) is 3. The van der Waals surface area contributed by atoms with E-state index in [-0.39, 0.29) is 0 Å². The highest BCUT2D eigenvalue weighted by Gasteiger charge is 2.04. The molecule has 15 heavy (non-hydrogen) atoms. The van der Waals surface area contributed by atoms with E-state index in [0.717, 1.165) is 5.69 Å². The van der Waals surface area contributed by atoms with E-state index in [1.54, 1.807) is 4.68 Å². The first-order chi connectivity index (χ1) is 7.16. The van der Waals surface area contributed by atoms with Gasteiger partial charge in [-0.15, -0.1) is 5.10 Å². The lowest BCUT2D eigenvalue weighted by atomic mass is 10.2. The molecule has 2 rings (SSSR count). The van der Waals surface area contributed by atoms with Crippen molar-refractivity contribution in [2.75, 3.05) is 5.73 Å². The van der Waals surface area contributed by atoms with E-state index in [9.17, 15) is 0 Å². The third-order valence-corrected chi connectivity index (χ3v) is 2.98. The molecule has 0 aliphatic carbocycles. The molecule has 0 spiro atoms. The fraction of sp³-hybridized carbons (Fsp3) is 0.200. The largest absolute Gasteiger partial charge is 0.381 e. The van der Waals surface area contributed by atoms with Gasteiger partial charge in [0.1, 0.15) is 0 Å². The molecule has 0 radical (unpaired) electrons. The SMILES string of the molecule is Cc1c(N)nnn1Cc1ccc(I)cc1. The van der Waals surface area contributed by atoms with Gasteiger partial charge in [0.25, 0.3) is 0 Å². The van der Waals surface area contributed by atoms with E-state index in [1.165, 1.54) is 9.13 Å². The number of aromatic nitrogens is 3. The Hall–Kier alpha value is -1.11. The van der Waals surface area contributed by atoms with Crippen LogP contribution in [0.1, 0.15) is 11.3 Å². The lowest BCUT2D eigenvalue weighted by molar-refractivity contribution is 0.633. The number of anilines is 1. The van der Waals surface area contributed by atoms with Crippen LogP contribution in [0, 0.1) is 10.5 Å². The lowest BCUT2D eigenvalue weighted by Crippen LogP contribution is -2.04. The predicted molar refractivity (Wildman–Crippen MR) is 67.4 cm³/mol. The molecule has 0 atom stereocenters. The van der Waals surface area contributed by atoms with Crippen LogP contribution in [0.25, 0.3) is 0 Å². The van der Waals surface area contributed by atoms with Gasteiger partial charge in [0.15, 0.2) is 5.82 Å². The van der Waals surface area contributed by atoms with E-state index in [1.807, 2.05) is 6.92 Å². The molecule has 1 heterocycles. The van der Waals surface area contributed by atoms with Crippen molar-refractivity contribution in [3.63, 3.8) is 0 Å². The van der Waals surface area contributed by atoms with Crippen LogP contribution in [-0.2, 0) is 6.54 Å². The molecule has 2 aromatic rings. The van der Waals surface area contributed by atoms with E-state index >= 15 is 0 Å². The van der Waals surface area contributed by atoms with Crippen LogP contribution in [-0.4, -0.2) is 15.0 Å². The minimum absolute atomic E-state index is 0.500. The number of nitrogens with zero attached hydrogens (tertiary/aromatic N) is 3. The predicted octanol–water partition coefficient (Wildman–Crippen LogP) is 1.82. The van der Waals surface area contributed by atoms with Crippen LogP contribution in [0.15, 0.2) is 24.3 Å². The van der Waals surface area contributed by atoms with Crippen molar-refractivity contribution in [2.45, 2.75) is 13.5 Å². The molecular weight excluding hydrogens is 303 g/mol. The fourth-order valence-corrected chi connectivity index (χ4v) is 1.65. The second kappa shape index (κ2) is 4.18. The minimum Gasteiger partial charge on any atom is -0.381 e. The Kier molecular flexibility index (Phi) is 2.90. The number of halogens is 1. The molecule has 0 bridgehead atoms. The van der Waals surface area contributed by atoms with Gasteiger partial charge in [-0.3, -0.25) is 0 Å². The van der Waals surface area contributed by atoms with Crippen molar-refractivity contribution in [3.8, 4) is 0 Å². The third-order valence-electron chi connectivity index (χ3n) is 2.26. The molecule has 78 valence electrons. The normalized spacial score (nSPS) is 10.5. The molecule has 0 saturated carbocycles. The lowest BCUT2D eigenvalue weighted by Gasteiger charge is -2.03. The second-order valence-corrected chi connectivity index (χ2v) is 4.59. The molecule has 2 N–H and O–H groups in total. The Bertz CT molecular complexity index is 461. The number of benzene rings is 1. The van der Waals surface area contributed by atoms with E-state index in [0.29, 0.717) is 12.4 Å². The monoisotopic (exact) mass is 314 g/mol. The molecule has 0 aliphatic rings. The Morgan fingerprint density at radius 3 is 2.53 bits per heavy atom. The van der Waals surface area contributed by atoms with Crippen LogP contribution in [0.5, 0.6) is 0 Å². The van der Waals surface area contributed by atoms with Gasteiger partial charge in [-0.1, -0.05) is 17.3 Å². The summed E-state index contributed by atoms with van der Waals surface area (Å²) in [7, 11) is 0. The van der Waals surface area contributed by atoms with Crippen molar-refractivity contribution < 1.29 is 0 Å². The minimum atomic E-state index is 0.500. The maximum absolute atomic E-state index is 5.62. The smallest absolute Gasteiger partial charge is 0.168 e. The number of hydrogen-bond donors (Lipinski definition) is 1. The molecule has 4 nitrogen and oxygen atoms in total. The van der Waals surface area contributed by atoms with Gasteiger partial charge in [0.05, 0.1) is 12.2 Å². The van der Waals surface area contributed by atoms with Crippen molar-refractivity contribution in [3.05, 3.63) is 39.1 Å². The van der Waals surface area contributed by atoms with Crippen LogP contribution in [0.2, 0.25) is 0 Å². The van der Waals surface area contributed by atoms with Gasteiger partial charge in [-0.05, 0) is 47.2 Å². The fourth-order valence-electron chi connectivity index (χ4n) is 1.29. The Morgan fingerprint density at radius 2 is 2.00 bits per heavy atom. The van der Waals surface area contributed by atoms with Crippen molar-refractivity contribution in [1.29, 1.82) is 0 Å². The van der Waals surface area contributed by atoms with Gasteiger partial charge < -0.3 is 5.73 Å². The standard InChI is InChI=1S/C10H11IN4/c1-7-10(12)13-14-15(7)6-8-2-4-9(11)5-3-8/h2-5H,6,12H2,1H3. The summed E-state index contributed by atoms with van der Waals surface area (Å²) in [5.41, 5.74) is 7.73. The summed E-state index contributed by atoms with van der Waals surface area (Å²) in [5.74, 6) is 0.500. The molecule has 1 aromatic carbocycles. The zero-order valence-electron chi connectivity index (χ0n) is 8.31. The average Bonchev–Trinajstić information content (AvgIpc) is 2.53. The quantitative estimate of drug-likeness (QED) is 0.860. The molecule has 0 unspecified atom stereocenters. The first-order valence-electron chi connectivity index (χ1n) is 4.57. The summed E-state index contributed by atoms with van der Waals surface area (Å²) in [6.07, 6.45) is 0. The molecule has 0 amide bonds. The Labute approximate surface area is 102 Å².